The summed E-state index contributed by atoms with van der Waals surface area (Å²) in [6.45, 7) is 0. The molecule has 13 heavy (non-hydrogen) atoms. The first-order chi connectivity index (χ1) is 6.25. The maximum atomic E-state index is 5.70. The fraction of sp³-hybridized carbons (Fsp3) is 0. The number of hydrogen-bond acceptors (Lipinski definition) is 3. The summed E-state index contributed by atoms with van der Waals surface area (Å²) in [6.07, 6.45) is 4.82. The van der Waals surface area contributed by atoms with E-state index in [0.29, 0.717) is 15.6 Å². The van der Waals surface area contributed by atoms with E-state index in [4.69, 9.17) is 11.6 Å². The van der Waals surface area contributed by atoms with E-state index in [-0.39, 0.29) is 0 Å². The van der Waals surface area contributed by atoms with Gasteiger partial charge in [0, 0.05) is 6.20 Å². The van der Waals surface area contributed by atoms with Gasteiger partial charge >= 0.3 is 0 Å². The topological polar surface area (TPSA) is 43.6 Å². The Balaban J connectivity index is 2.46. The molecule has 0 amide bonds. The van der Waals surface area contributed by atoms with E-state index in [9.17, 15) is 0 Å². The summed E-state index contributed by atoms with van der Waals surface area (Å²) < 4.78 is 2.22. The van der Waals surface area contributed by atoms with Crippen molar-refractivity contribution in [1.82, 2.24) is 19.7 Å². The zero-order valence-electron chi connectivity index (χ0n) is 6.35. The first-order valence-electron chi connectivity index (χ1n) is 3.45. The van der Waals surface area contributed by atoms with Crippen molar-refractivity contribution in [2.75, 3.05) is 0 Å². The van der Waals surface area contributed by atoms with Gasteiger partial charge in [0.1, 0.15) is 4.60 Å². The van der Waals surface area contributed by atoms with Gasteiger partial charge in [-0.05, 0) is 22.0 Å². The molecule has 0 saturated carbocycles. The van der Waals surface area contributed by atoms with Crippen molar-refractivity contribution in [2.24, 2.45) is 0 Å². The van der Waals surface area contributed by atoms with Crippen molar-refractivity contribution in [3.8, 4) is 5.95 Å². The highest BCUT2D eigenvalue weighted by Gasteiger charge is 2.01. The Morgan fingerprint density at radius 1 is 1.46 bits per heavy atom. The third kappa shape index (κ3) is 1.87. The Labute approximate surface area is 87.7 Å². The monoisotopic (exact) mass is 258 g/mol. The summed E-state index contributed by atoms with van der Waals surface area (Å²) in [6, 6.07) is 1.74. The first kappa shape index (κ1) is 8.65. The number of hydrogen-bond donors (Lipinski definition) is 0. The summed E-state index contributed by atoms with van der Waals surface area (Å²) in [7, 11) is 0. The Morgan fingerprint density at radius 3 is 2.92 bits per heavy atom. The number of nitrogens with zero attached hydrogens (tertiary/aromatic N) is 4. The van der Waals surface area contributed by atoms with Crippen LogP contribution in [0.1, 0.15) is 0 Å². The molecule has 2 aromatic rings. The minimum absolute atomic E-state index is 0.487. The fourth-order valence-corrected chi connectivity index (χ4v) is 1.26. The predicted octanol–water partition coefficient (Wildman–Crippen LogP) is 2.08. The maximum Gasteiger partial charge on any atom is 0.251 e. The third-order valence-electron chi connectivity index (χ3n) is 1.36. The van der Waals surface area contributed by atoms with Gasteiger partial charge in [-0.3, -0.25) is 0 Å². The standard InChI is InChI=1S/C7H4BrClN4/c8-6-1-2-10-7(12-6)13-4-5(9)3-11-13/h1-4H. The van der Waals surface area contributed by atoms with Crippen LogP contribution in [-0.2, 0) is 0 Å². The van der Waals surface area contributed by atoms with Gasteiger partial charge in [0.25, 0.3) is 5.95 Å². The molecule has 4 nitrogen and oxygen atoms in total. The lowest BCUT2D eigenvalue weighted by Crippen LogP contribution is -2.00. The second kappa shape index (κ2) is 3.43. The average Bonchev–Trinajstić information content (AvgIpc) is 2.52. The Hall–Kier alpha value is -0.940. The summed E-state index contributed by atoms with van der Waals surface area (Å²) in [5.74, 6) is 0.487. The molecule has 0 radical (unpaired) electrons. The molecule has 66 valence electrons. The highest BCUT2D eigenvalue weighted by Crippen LogP contribution is 2.10. The summed E-state index contributed by atoms with van der Waals surface area (Å²) in [5, 5.41) is 4.52. The maximum absolute atomic E-state index is 5.70. The van der Waals surface area contributed by atoms with Crippen LogP contribution in [0.3, 0.4) is 0 Å². The number of rotatable bonds is 1. The van der Waals surface area contributed by atoms with Crippen molar-refractivity contribution in [2.45, 2.75) is 0 Å². The molecule has 0 spiro atoms. The molecule has 2 heterocycles. The fourth-order valence-electron chi connectivity index (χ4n) is 0.848. The second-order valence-corrected chi connectivity index (χ2v) is 3.53. The molecule has 6 heteroatoms. The highest BCUT2D eigenvalue weighted by molar-refractivity contribution is 9.10. The van der Waals surface area contributed by atoms with Crippen LogP contribution in [0, 0.1) is 0 Å². The SMILES string of the molecule is Clc1cnn(-c2nccc(Br)n2)c1. The van der Waals surface area contributed by atoms with Crippen LogP contribution in [0.15, 0.2) is 29.3 Å². The van der Waals surface area contributed by atoms with Gasteiger partial charge in [-0.2, -0.15) is 5.10 Å². The van der Waals surface area contributed by atoms with Gasteiger partial charge in [-0.15, -0.1) is 0 Å². The van der Waals surface area contributed by atoms with Crippen LogP contribution in [0.2, 0.25) is 5.02 Å². The Bertz CT molecular complexity index is 428. The molecular formula is C7H4BrClN4. The zero-order chi connectivity index (χ0) is 9.26. The van der Waals surface area contributed by atoms with E-state index in [1.54, 1.807) is 18.5 Å². The average molecular weight is 259 g/mol. The molecule has 0 bridgehead atoms. The van der Waals surface area contributed by atoms with Gasteiger partial charge in [0.05, 0.1) is 17.4 Å². The Morgan fingerprint density at radius 2 is 2.31 bits per heavy atom. The van der Waals surface area contributed by atoms with Crippen molar-refractivity contribution >= 4 is 27.5 Å². The molecule has 0 atom stereocenters. The van der Waals surface area contributed by atoms with Crippen LogP contribution in [-0.4, -0.2) is 19.7 Å². The third-order valence-corrected chi connectivity index (χ3v) is 2.00. The summed E-state index contributed by atoms with van der Waals surface area (Å²) >= 11 is 8.94. The number of aromatic nitrogens is 4. The highest BCUT2D eigenvalue weighted by atomic mass is 79.9. The summed E-state index contributed by atoms with van der Waals surface area (Å²) in [5.41, 5.74) is 0. The number of halogens is 2. The quantitative estimate of drug-likeness (QED) is 0.737. The van der Waals surface area contributed by atoms with E-state index in [2.05, 4.69) is 31.0 Å². The van der Waals surface area contributed by atoms with Crippen LogP contribution < -0.4 is 0 Å². The smallest absolute Gasteiger partial charge is 0.220 e. The van der Waals surface area contributed by atoms with Gasteiger partial charge in [-0.25, -0.2) is 14.6 Å². The van der Waals surface area contributed by atoms with Crippen LogP contribution in [0.5, 0.6) is 0 Å². The van der Waals surface area contributed by atoms with Crippen LogP contribution >= 0.6 is 27.5 Å². The van der Waals surface area contributed by atoms with Gasteiger partial charge in [-0.1, -0.05) is 11.6 Å². The lowest BCUT2D eigenvalue weighted by molar-refractivity contribution is 0.804. The molecule has 0 fully saturated rings. The largest absolute Gasteiger partial charge is 0.251 e. The molecule has 0 unspecified atom stereocenters. The Kier molecular flexibility index (Phi) is 2.28. The van der Waals surface area contributed by atoms with Crippen molar-refractivity contribution in [3.63, 3.8) is 0 Å². The molecule has 0 aliphatic heterocycles. The molecule has 2 aromatic heterocycles. The van der Waals surface area contributed by atoms with Crippen molar-refractivity contribution in [3.05, 3.63) is 34.3 Å². The van der Waals surface area contributed by atoms with Gasteiger partial charge in [0.15, 0.2) is 0 Å². The second-order valence-electron chi connectivity index (χ2n) is 2.28. The van der Waals surface area contributed by atoms with Crippen LogP contribution in [0.25, 0.3) is 5.95 Å². The van der Waals surface area contributed by atoms with Gasteiger partial charge < -0.3 is 0 Å². The van der Waals surface area contributed by atoms with Crippen molar-refractivity contribution < 1.29 is 0 Å². The van der Waals surface area contributed by atoms with E-state index in [1.165, 1.54) is 10.9 Å². The predicted molar refractivity (Wildman–Crippen MR) is 51.9 cm³/mol. The van der Waals surface area contributed by atoms with E-state index in [0.717, 1.165) is 0 Å². The first-order valence-corrected chi connectivity index (χ1v) is 4.62. The summed E-state index contributed by atoms with van der Waals surface area (Å²) in [4.78, 5) is 8.13. The molecule has 0 aliphatic rings. The van der Waals surface area contributed by atoms with Crippen LogP contribution in [0.4, 0.5) is 0 Å². The van der Waals surface area contributed by atoms with E-state index >= 15 is 0 Å². The van der Waals surface area contributed by atoms with Gasteiger partial charge in [0.2, 0.25) is 0 Å². The molecule has 2 rings (SSSR count). The molecule has 0 aromatic carbocycles. The normalized spacial score (nSPS) is 10.3. The molecule has 0 N–H and O–H groups in total. The van der Waals surface area contributed by atoms with Crippen molar-refractivity contribution in [1.29, 1.82) is 0 Å². The lowest BCUT2D eigenvalue weighted by Gasteiger charge is -1.97. The molecule has 0 saturated heterocycles. The molecule has 0 aliphatic carbocycles. The van der Waals surface area contributed by atoms with E-state index < -0.39 is 0 Å². The van der Waals surface area contributed by atoms with E-state index in [1.807, 2.05) is 0 Å². The lowest BCUT2D eigenvalue weighted by atomic mass is 10.7. The minimum Gasteiger partial charge on any atom is -0.220 e. The molecular weight excluding hydrogens is 255 g/mol. The minimum atomic E-state index is 0.487. The zero-order valence-corrected chi connectivity index (χ0v) is 8.70.